The van der Waals surface area contributed by atoms with E-state index in [-0.39, 0.29) is 5.91 Å². The molecule has 18 heavy (non-hydrogen) atoms. The Kier molecular flexibility index (Phi) is 6.78. The third kappa shape index (κ3) is 5.53. The fourth-order valence-electron chi connectivity index (χ4n) is 1.35. The Morgan fingerprint density at radius 1 is 1.33 bits per heavy atom. The van der Waals surface area contributed by atoms with Gasteiger partial charge in [0.15, 0.2) is 0 Å². The van der Waals surface area contributed by atoms with Crippen molar-refractivity contribution in [1.82, 2.24) is 10.2 Å². The van der Waals surface area contributed by atoms with Crippen molar-refractivity contribution in [2.45, 2.75) is 4.90 Å². The highest BCUT2D eigenvalue weighted by Gasteiger charge is 2.07. The van der Waals surface area contributed by atoms with Crippen molar-refractivity contribution in [2.75, 3.05) is 40.4 Å². The number of rotatable bonds is 7. The number of likely N-dealkylation sites (N-methyl/N-ethyl adjacent to an activating group) is 1. The van der Waals surface area contributed by atoms with Gasteiger partial charge in [0.2, 0.25) is 0 Å². The summed E-state index contributed by atoms with van der Waals surface area (Å²) in [4.78, 5) is 14.5. The number of carbonyl (C=O) groups excluding carboxylic acids is 1. The molecule has 5 heteroatoms. The van der Waals surface area contributed by atoms with Crippen molar-refractivity contribution in [3.63, 3.8) is 0 Å². The van der Waals surface area contributed by atoms with Gasteiger partial charge in [-0.05, 0) is 26.2 Å². The number of ether oxygens (including phenoxy) is 1. The normalized spacial score (nSPS) is 10.7. The molecule has 1 N–H and O–H groups in total. The van der Waals surface area contributed by atoms with E-state index in [9.17, 15) is 4.79 Å². The Labute approximate surface area is 114 Å². The Hall–Kier alpha value is -1.04. The molecule has 1 amide bonds. The standard InChI is InChI=1S/C13H20N2O2S/c1-15(2)8-10-17-9-7-14-13(16)11-5-3-4-6-12(11)18/h3-6,18H,7-10H2,1-2H3,(H,14,16). The lowest BCUT2D eigenvalue weighted by molar-refractivity contribution is 0.0897. The molecule has 0 aliphatic heterocycles. The van der Waals surface area contributed by atoms with Gasteiger partial charge in [-0.15, -0.1) is 12.6 Å². The largest absolute Gasteiger partial charge is 0.378 e. The zero-order valence-electron chi connectivity index (χ0n) is 10.8. The van der Waals surface area contributed by atoms with Crippen LogP contribution < -0.4 is 5.32 Å². The summed E-state index contributed by atoms with van der Waals surface area (Å²) in [6, 6.07) is 7.22. The molecule has 0 fully saturated rings. The smallest absolute Gasteiger partial charge is 0.252 e. The lowest BCUT2D eigenvalue weighted by Gasteiger charge is -2.10. The first-order chi connectivity index (χ1) is 8.61. The van der Waals surface area contributed by atoms with Gasteiger partial charge in [-0.1, -0.05) is 12.1 Å². The van der Waals surface area contributed by atoms with Crippen LogP contribution in [0, 0.1) is 0 Å². The highest BCUT2D eigenvalue weighted by atomic mass is 32.1. The van der Waals surface area contributed by atoms with Crippen LogP contribution in [0.25, 0.3) is 0 Å². The van der Waals surface area contributed by atoms with E-state index >= 15 is 0 Å². The van der Waals surface area contributed by atoms with E-state index in [1.54, 1.807) is 12.1 Å². The van der Waals surface area contributed by atoms with Gasteiger partial charge in [0.1, 0.15) is 0 Å². The van der Waals surface area contributed by atoms with Crippen LogP contribution in [-0.4, -0.2) is 51.2 Å². The molecule has 0 spiro atoms. The molecule has 4 nitrogen and oxygen atoms in total. The van der Waals surface area contributed by atoms with Crippen LogP contribution in [0.2, 0.25) is 0 Å². The van der Waals surface area contributed by atoms with Gasteiger partial charge >= 0.3 is 0 Å². The molecule has 1 rings (SSSR count). The van der Waals surface area contributed by atoms with E-state index in [4.69, 9.17) is 4.74 Å². The topological polar surface area (TPSA) is 41.6 Å². The molecule has 100 valence electrons. The number of carbonyl (C=O) groups is 1. The maximum Gasteiger partial charge on any atom is 0.252 e. The first kappa shape index (κ1) is 15.0. The van der Waals surface area contributed by atoms with Crippen LogP contribution in [0.5, 0.6) is 0 Å². The molecule has 0 atom stereocenters. The predicted molar refractivity (Wildman–Crippen MR) is 75.4 cm³/mol. The molecule has 0 saturated heterocycles. The van der Waals surface area contributed by atoms with Crippen molar-refractivity contribution in [1.29, 1.82) is 0 Å². The fourth-order valence-corrected chi connectivity index (χ4v) is 1.61. The molecule has 0 aromatic heterocycles. The van der Waals surface area contributed by atoms with Crippen molar-refractivity contribution >= 4 is 18.5 Å². The molecule has 0 saturated carbocycles. The second kappa shape index (κ2) is 8.13. The van der Waals surface area contributed by atoms with Crippen LogP contribution >= 0.6 is 12.6 Å². The van der Waals surface area contributed by atoms with Gasteiger partial charge in [0.05, 0.1) is 18.8 Å². The third-order valence-corrected chi connectivity index (χ3v) is 2.75. The number of thiol groups is 1. The third-order valence-electron chi connectivity index (χ3n) is 2.36. The zero-order valence-corrected chi connectivity index (χ0v) is 11.7. The van der Waals surface area contributed by atoms with Crippen LogP contribution in [0.4, 0.5) is 0 Å². The summed E-state index contributed by atoms with van der Waals surface area (Å²) < 4.78 is 5.39. The Balaban J connectivity index is 2.20. The minimum atomic E-state index is -0.114. The minimum Gasteiger partial charge on any atom is -0.378 e. The molecule has 0 heterocycles. The Morgan fingerprint density at radius 2 is 2.06 bits per heavy atom. The molecular formula is C13H20N2O2S. The Bertz CT molecular complexity index is 383. The lowest BCUT2D eigenvalue weighted by atomic mass is 10.2. The van der Waals surface area contributed by atoms with E-state index < -0.39 is 0 Å². The van der Waals surface area contributed by atoms with E-state index in [0.29, 0.717) is 30.2 Å². The second-order valence-corrected chi connectivity index (χ2v) is 4.67. The fraction of sp³-hybridized carbons (Fsp3) is 0.462. The summed E-state index contributed by atoms with van der Waals surface area (Å²) in [5, 5.41) is 2.80. The summed E-state index contributed by atoms with van der Waals surface area (Å²) in [5.74, 6) is -0.114. The summed E-state index contributed by atoms with van der Waals surface area (Å²) in [6.07, 6.45) is 0. The Morgan fingerprint density at radius 3 is 2.72 bits per heavy atom. The first-order valence-corrected chi connectivity index (χ1v) is 6.34. The van der Waals surface area contributed by atoms with Gasteiger partial charge in [-0.3, -0.25) is 4.79 Å². The molecule has 0 aliphatic rings. The molecule has 0 bridgehead atoms. The number of hydrogen-bond donors (Lipinski definition) is 2. The maximum absolute atomic E-state index is 11.8. The minimum absolute atomic E-state index is 0.114. The average molecular weight is 268 g/mol. The van der Waals surface area contributed by atoms with Crippen molar-refractivity contribution in [2.24, 2.45) is 0 Å². The zero-order chi connectivity index (χ0) is 13.4. The van der Waals surface area contributed by atoms with E-state index in [2.05, 4.69) is 22.8 Å². The van der Waals surface area contributed by atoms with Crippen molar-refractivity contribution in [3.05, 3.63) is 29.8 Å². The van der Waals surface area contributed by atoms with Crippen LogP contribution in [0.3, 0.4) is 0 Å². The molecule has 1 aromatic carbocycles. The summed E-state index contributed by atoms with van der Waals surface area (Å²) in [7, 11) is 3.99. The van der Waals surface area contributed by atoms with Crippen LogP contribution in [-0.2, 0) is 4.74 Å². The second-order valence-electron chi connectivity index (χ2n) is 4.19. The molecule has 0 aliphatic carbocycles. The summed E-state index contributed by atoms with van der Waals surface area (Å²) in [5.41, 5.74) is 0.592. The van der Waals surface area contributed by atoms with Crippen molar-refractivity contribution < 1.29 is 9.53 Å². The highest BCUT2D eigenvalue weighted by Crippen LogP contribution is 2.12. The van der Waals surface area contributed by atoms with E-state index in [1.807, 2.05) is 26.2 Å². The molecule has 0 unspecified atom stereocenters. The summed E-state index contributed by atoms with van der Waals surface area (Å²) in [6.45, 7) is 2.59. The van der Waals surface area contributed by atoms with E-state index in [1.165, 1.54) is 0 Å². The molecule has 1 aromatic rings. The SMILES string of the molecule is CN(C)CCOCCNC(=O)c1ccccc1S. The predicted octanol–water partition coefficient (Wildman–Crippen LogP) is 1.28. The highest BCUT2D eigenvalue weighted by molar-refractivity contribution is 7.80. The number of amides is 1. The number of benzene rings is 1. The lowest BCUT2D eigenvalue weighted by Crippen LogP contribution is -2.28. The van der Waals surface area contributed by atoms with Crippen molar-refractivity contribution in [3.8, 4) is 0 Å². The van der Waals surface area contributed by atoms with Gasteiger partial charge in [0, 0.05) is 18.0 Å². The average Bonchev–Trinajstić information content (AvgIpc) is 2.33. The monoisotopic (exact) mass is 268 g/mol. The number of nitrogens with zero attached hydrogens (tertiary/aromatic N) is 1. The van der Waals surface area contributed by atoms with Gasteiger partial charge in [-0.25, -0.2) is 0 Å². The van der Waals surface area contributed by atoms with Gasteiger partial charge in [-0.2, -0.15) is 0 Å². The van der Waals surface area contributed by atoms with E-state index in [0.717, 1.165) is 6.54 Å². The number of hydrogen-bond acceptors (Lipinski definition) is 4. The van der Waals surface area contributed by atoms with Crippen LogP contribution in [0.1, 0.15) is 10.4 Å². The van der Waals surface area contributed by atoms with Gasteiger partial charge < -0.3 is 15.0 Å². The number of nitrogens with one attached hydrogen (secondary N) is 1. The van der Waals surface area contributed by atoms with Gasteiger partial charge in [0.25, 0.3) is 5.91 Å². The van der Waals surface area contributed by atoms with Crippen LogP contribution in [0.15, 0.2) is 29.2 Å². The molecule has 0 radical (unpaired) electrons. The summed E-state index contributed by atoms with van der Waals surface area (Å²) >= 11 is 4.24. The molecular weight excluding hydrogens is 248 g/mol. The maximum atomic E-state index is 11.8. The first-order valence-electron chi connectivity index (χ1n) is 5.90. The quantitative estimate of drug-likeness (QED) is 0.578.